The second kappa shape index (κ2) is 8.46. The average molecular weight is 355 g/mol. The molecule has 1 aromatic rings. The van der Waals surface area contributed by atoms with Gasteiger partial charge in [-0.1, -0.05) is 37.6 Å². The van der Waals surface area contributed by atoms with Gasteiger partial charge in [-0.05, 0) is 30.0 Å². The smallest absolute Gasteiger partial charge is 0.324 e. The summed E-state index contributed by atoms with van der Waals surface area (Å²) in [5.41, 5.74) is 0.929. The van der Waals surface area contributed by atoms with Gasteiger partial charge in [-0.15, -0.1) is 0 Å². The van der Waals surface area contributed by atoms with E-state index in [0.717, 1.165) is 10.5 Å². The quantitative estimate of drug-likeness (QED) is 0.701. The molecule has 24 heavy (non-hydrogen) atoms. The Kier molecular flexibility index (Phi) is 6.60. The lowest BCUT2D eigenvalue weighted by atomic mass is 10.0. The molecule has 2 rings (SSSR count). The number of amides is 3. The molecule has 7 heteroatoms. The first-order chi connectivity index (χ1) is 11.4. The lowest BCUT2D eigenvalue weighted by Gasteiger charge is -2.18. The van der Waals surface area contributed by atoms with E-state index < -0.39 is 18.2 Å². The van der Waals surface area contributed by atoms with Gasteiger partial charge in [0.2, 0.25) is 0 Å². The summed E-state index contributed by atoms with van der Waals surface area (Å²) in [5, 5.41) is 13.3. The van der Waals surface area contributed by atoms with Crippen LogP contribution in [-0.4, -0.2) is 47.2 Å². The van der Waals surface area contributed by atoms with Gasteiger partial charge in [-0.3, -0.25) is 9.69 Å². The molecule has 1 fully saturated rings. The number of β-amino-alcohol motifs (C(OH)–C–C–N with tert-alkyl or cyclic N) is 1. The fourth-order valence-corrected chi connectivity index (χ4v) is 2.66. The lowest BCUT2D eigenvalue weighted by molar-refractivity contribution is -0.129. The third-order valence-corrected chi connectivity index (χ3v) is 3.95. The van der Waals surface area contributed by atoms with E-state index in [4.69, 9.17) is 16.3 Å². The second-order valence-corrected chi connectivity index (χ2v) is 6.81. The van der Waals surface area contributed by atoms with Gasteiger partial charge in [0.05, 0.1) is 25.9 Å². The summed E-state index contributed by atoms with van der Waals surface area (Å²) in [4.78, 5) is 25.1. The van der Waals surface area contributed by atoms with E-state index in [-0.39, 0.29) is 19.1 Å². The Morgan fingerprint density at radius 2 is 1.96 bits per heavy atom. The van der Waals surface area contributed by atoms with E-state index in [1.165, 1.54) is 0 Å². The number of hydrogen-bond acceptors (Lipinski definition) is 4. The summed E-state index contributed by atoms with van der Waals surface area (Å²) in [7, 11) is 0. The predicted octanol–water partition coefficient (Wildman–Crippen LogP) is 2.18. The number of aliphatic hydroxyl groups excluding tert-OH is 1. The molecular weight excluding hydrogens is 332 g/mol. The van der Waals surface area contributed by atoms with E-state index in [1.54, 1.807) is 12.1 Å². The number of ether oxygens (including phenoxy) is 1. The van der Waals surface area contributed by atoms with E-state index in [0.29, 0.717) is 24.0 Å². The maximum atomic E-state index is 12.2. The number of carbonyl (C=O) groups is 2. The van der Waals surface area contributed by atoms with Crippen LogP contribution in [0, 0.1) is 5.92 Å². The van der Waals surface area contributed by atoms with E-state index >= 15 is 0 Å². The molecule has 1 heterocycles. The molecule has 0 aromatic heterocycles. The normalized spacial score (nSPS) is 19.0. The second-order valence-electron chi connectivity index (χ2n) is 6.38. The van der Waals surface area contributed by atoms with E-state index in [9.17, 15) is 14.7 Å². The molecule has 0 saturated carbocycles. The van der Waals surface area contributed by atoms with Crippen molar-refractivity contribution in [3.63, 3.8) is 0 Å². The minimum atomic E-state index is -0.926. The van der Waals surface area contributed by atoms with Crippen molar-refractivity contribution in [3.8, 4) is 0 Å². The number of imide groups is 1. The van der Waals surface area contributed by atoms with Gasteiger partial charge in [0, 0.05) is 5.02 Å². The van der Waals surface area contributed by atoms with Gasteiger partial charge in [-0.2, -0.15) is 0 Å². The van der Waals surface area contributed by atoms with Crippen LogP contribution in [0.1, 0.15) is 25.8 Å². The molecule has 2 N–H and O–H groups in total. The van der Waals surface area contributed by atoms with Crippen LogP contribution in [0.2, 0.25) is 5.02 Å². The van der Waals surface area contributed by atoms with Crippen LogP contribution in [0.25, 0.3) is 0 Å². The molecule has 2 atom stereocenters. The topological polar surface area (TPSA) is 78.9 Å². The molecule has 1 saturated heterocycles. The third kappa shape index (κ3) is 5.19. The van der Waals surface area contributed by atoms with Crippen molar-refractivity contribution in [3.05, 3.63) is 34.9 Å². The molecule has 3 amide bonds. The van der Waals surface area contributed by atoms with Gasteiger partial charge in [-0.25, -0.2) is 4.79 Å². The van der Waals surface area contributed by atoms with E-state index in [2.05, 4.69) is 5.32 Å². The van der Waals surface area contributed by atoms with Crippen molar-refractivity contribution in [2.24, 2.45) is 5.92 Å². The van der Waals surface area contributed by atoms with Crippen molar-refractivity contribution in [1.29, 1.82) is 0 Å². The standard InChI is InChI=1S/C17H23ClN2O4/c1-11(2)7-15-16(22)20(17(23)19-15)8-14(21)10-24-9-12-3-5-13(18)6-4-12/h3-6,11,14-15,21H,7-10H2,1-2H3,(H,19,23)/t14-,15-/m1/s1. The highest BCUT2D eigenvalue weighted by Gasteiger charge is 2.38. The Labute approximate surface area is 146 Å². The zero-order chi connectivity index (χ0) is 17.7. The van der Waals surface area contributed by atoms with Crippen molar-refractivity contribution in [2.45, 2.75) is 39.0 Å². The monoisotopic (exact) mass is 354 g/mol. The maximum absolute atomic E-state index is 12.2. The first-order valence-corrected chi connectivity index (χ1v) is 8.36. The Hall–Kier alpha value is -1.63. The zero-order valence-corrected chi connectivity index (χ0v) is 14.6. The van der Waals surface area contributed by atoms with Gasteiger partial charge >= 0.3 is 6.03 Å². The number of urea groups is 1. The van der Waals surface area contributed by atoms with E-state index in [1.807, 2.05) is 26.0 Å². The highest BCUT2D eigenvalue weighted by molar-refractivity contribution is 6.30. The molecule has 0 radical (unpaired) electrons. The molecule has 6 nitrogen and oxygen atoms in total. The number of nitrogens with zero attached hydrogens (tertiary/aromatic N) is 1. The molecule has 0 aliphatic carbocycles. The number of benzene rings is 1. The highest BCUT2D eigenvalue weighted by atomic mass is 35.5. The largest absolute Gasteiger partial charge is 0.389 e. The minimum absolute atomic E-state index is 0.0362. The van der Waals surface area contributed by atoms with Gasteiger partial charge in [0.15, 0.2) is 0 Å². The Bertz CT molecular complexity index is 576. The Morgan fingerprint density at radius 3 is 2.58 bits per heavy atom. The third-order valence-electron chi connectivity index (χ3n) is 3.70. The molecule has 0 unspecified atom stereocenters. The molecule has 0 bridgehead atoms. The van der Waals surface area contributed by atoms with Crippen LogP contribution in [0.3, 0.4) is 0 Å². The lowest BCUT2D eigenvalue weighted by Crippen LogP contribution is -2.39. The minimum Gasteiger partial charge on any atom is -0.389 e. The average Bonchev–Trinajstić information content (AvgIpc) is 2.76. The van der Waals surface area contributed by atoms with Crippen LogP contribution < -0.4 is 5.32 Å². The molecular formula is C17H23ClN2O4. The number of hydrogen-bond donors (Lipinski definition) is 2. The van der Waals surface area contributed by atoms with Gasteiger partial charge < -0.3 is 15.2 Å². The fourth-order valence-electron chi connectivity index (χ4n) is 2.54. The highest BCUT2D eigenvalue weighted by Crippen LogP contribution is 2.15. The van der Waals surface area contributed by atoms with Gasteiger partial charge in [0.1, 0.15) is 6.04 Å². The Morgan fingerprint density at radius 1 is 1.29 bits per heavy atom. The molecule has 1 aliphatic heterocycles. The summed E-state index contributed by atoms with van der Waals surface area (Å²) in [6.07, 6.45) is -0.339. The van der Waals surface area contributed by atoms with Gasteiger partial charge in [0.25, 0.3) is 5.91 Å². The van der Waals surface area contributed by atoms with Crippen LogP contribution in [0.15, 0.2) is 24.3 Å². The first kappa shape index (κ1) is 18.7. The number of aliphatic hydroxyl groups is 1. The molecule has 1 aliphatic rings. The van der Waals surface area contributed by atoms with Crippen molar-refractivity contribution < 1.29 is 19.4 Å². The number of halogens is 1. The summed E-state index contributed by atoms with van der Waals surface area (Å²) < 4.78 is 5.43. The number of nitrogens with one attached hydrogen (secondary N) is 1. The summed E-state index contributed by atoms with van der Waals surface area (Å²) in [5.74, 6) is 0.0114. The number of carbonyl (C=O) groups excluding carboxylic acids is 2. The fraction of sp³-hybridized carbons (Fsp3) is 0.529. The van der Waals surface area contributed by atoms with Crippen LogP contribution in [0.5, 0.6) is 0 Å². The zero-order valence-electron chi connectivity index (χ0n) is 13.9. The molecule has 1 aromatic carbocycles. The van der Waals surface area contributed by atoms with Crippen LogP contribution in [0.4, 0.5) is 4.79 Å². The van der Waals surface area contributed by atoms with Crippen molar-refractivity contribution in [1.82, 2.24) is 10.2 Å². The maximum Gasteiger partial charge on any atom is 0.324 e. The van der Waals surface area contributed by atoms with Crippen LogP contribution in [-0.2, 0) is 16.1 Å². The predicted molar refractivity (Wildman–Crippen MR) is 90.6 cm³/mol. The SMILES string of the molecule is CC(C)C[C@H]1NC(=O)N(C[C@@H](O)COCc2ccc(Cl)cc2)C1=O. The summed E-state index contributed by atoms with van der Waals surface area (Å²) >= 11 is 5.81. The van der Waals surface area contributed by atoms with Crippen molar-refractivity contribution in [2.75, 3.05) is 13.2 Å². The first-order valence-electron chi connectivity index (χ1n) is 7.99. The Balaban J connectivity index is 1.77. The number of rotatable bonds is 8. The van der Waals surface area contributed by atoms with Crippen molar-refractivity contribution >= 4 is 23.5 Å². The summed E-state index contributed by atoms with van der Waals surface area (Å²) in [6, 6.07) is 6.24. The van der Waals surface area contributed by atoms with Crippen LogP contribution >= 0.6 is 11.6 Å². The summed E-state index contributed by atoms with van der Waals surface area (Å²) in [6.45, 7) is 4.27. The molecule has 0 spiro atoms. The molecule has 132 valence electrons.